The van der Waals surface area contributed by atoms with Crippen molar-refractivity contribution in [2.24, 2.45) is 0 Å². The first kappa shape index (κ1) is 90.1. The lowest BCUT2D eigenvalue weighted by Gasteiger charge is -2.22. The first-order chi connectivity index (χ1) is 45.5. The summed E-state index contributed by atoms with van der Waals surface area (Å²) in [5.41, 5.74) is 0. The maximum absolute atomic E-state index is 12.6. The van der Waals surface area contributed by atoms with Gasteiger partial charge in [-0.2, -0.15) is 0 Å². The second-order valence-corrected chi connectivity index (χ2v) is 29.2. The lowest BCUT2D eigenvalue weighted by atomic mass is 10.0. The van der Waals surface area contributed by atoms with Crippen molar-refractivity contribution in [1.29, 1.82) is 0 Å². The quantitative estimate of drug-likeness (QED) is 0.0320. The summed E-state index contributed by atoms with van der Waals surface area (Å²) < 4.78 is 5.51. The Morgan fingerprint density at radius 1 is 0.304 bits per heavy atom. The molecule has 0 aromatic heterocycles. The molecule has 92 heavy (non-hydrogen) atoms. The number of hydrogen-bond donors (Lipinski definition) is 3. The number of carbonyl (C=O) groups excluding carboxylic acids is 2. The third-order valence-corrected chi connectivity index (χ3v) is 19.9. The van der Waals surface area contributed by atoms with Crippen LogP contribution in [0.25, 0.3) is 0 Å². The molecule has 0 aromatic carbocycles. The van der Waals surface area contributed by atoms with Gasteiger partial charge in [0.1, 0.15) is 0 Å². The number of nitrogens with one attached hydrogen (secondary N) is 1. The van der Waals surface area contributed by atoms with E-state index >= 15 is 0 Å². The van der Waals surface area contributed by atoms with E-state index in [2.05, 4.69) is 55.6 Å². The number of hydrogen-bond acceptors (Lipinski definition) is 5. The molecule has 2 unspecified atom stereocenters. The maximum atomic E-state index is 12.6. The van der Waals surface area contributed by atoms with Gasteiger partial charge in [-0.15, -0.1) is 0 Å². The number of amides is 1. The van der Waals surface area contributed by atoms with E-state index < -0.39 is 12.1 Å². The summed E-state index contributed by atoms with van der Waals surface area (Å²) in [5.74, 6) is -0.0127. The first-order valence-electron chi connectivity index (χ1n) is 42.2. The van der Waals surface area contributed by atoms with Gasteiger partial charge in [0.05, 0.1) is 25.4 Å². The highest BCUT2D eigenvalue weighted by Gasteiger charge is 2.20. The molecule has 0 heterocycles. The monoisotopic (exact) mass is 1290 g/mol. The lowest BCUT2D eigenvalue weighted by Crippen LogP contribution is -2.45. The minimum absolute atomic E-state index is 0.0148. The van der Waals surface area contributed by atoms with Crippen molar-refractivity contribution >= 4 is 11.9 Å². The van der Waals surface area contributed by atoms with Gasteiger partial charge in [0.15, 0.2) is 0 Å². The van der Waals surface area contributed by atoms with Crippen LogP contribution in [0, 0.1) is 0 Å². The van der Waals surface area contributed by atoms with Gasteiger partial charge in [-0.1, -0.05) is 416 Å². The average molecular weight is 1290 g/mol. The molecule has 544 valence electrons. The van der Waals surface area contributed by atoms with Crippen LogP contribution in [0.15, 0.2) is 36.5 Å². The molecule has 1 amide bonds. The van der Waals surface area contributed by atoms with Crippen molar-refractivity contribution in [3.63, 3.8) is 0 Å². The highest BCUT2D eigenvalue weighted by molar-refractivity contribution is 5.76. The summed E-state index contributed by atoms with van der Waals surface area (Å²) in [6.07, 6.45) is 107. The van der Waals surface area contributed by atoms with E-state index in [4.69, 9.17) is 4.74 Å². The van der Waals surface area contributed by atoms with Crippen molar-refractivity contribution in [3.8, 4) is 0 Å². The molecule has 0 aliphatic rings. The summed E-state index contributed by atoms with van der Waals surface area (Å²) in [6.45, 7) is 5.00. The fraction of sp³-hybridized carbons (Fsp3) is 0.907. The molecule has 6 heteroatoms. The summed E-state index contributed by atoms with van der Waals surface area (Å²) in [4.78, 5) is 24.7. The van der Waals surface area contributed by atoms with Gasteiger partial charge in [0, 0.05) is 12.8 Å². The van der Waals surface area contributed by atoms with Gasteiger partial charge < -0.3 is 20.3 Å². The molecule has 3 N–H and O–H groups in total. The van der Waals surface area contributed by atoms with Crippen LogP contribution in [-0.2, 0) is 14.3 Å². The van der Waals surface area contributed by atoms with Gasteiger partial charge in [0.2, 0.25) is 5.91 Å². The minimum atomic E-state index is -0.665. The van der Waals surface area contributed by atoms with Crippen LogP contribution >= 0.6 is 0 Å². The van der Waals surface area contributed by atoms with E-state index in [0.717, 1.165) is 44.9 Å². The molecule has 0 aromatic rings. The SMILES string of the molecule is CCCCCCCC/C=C\CCCCCCCCCCCC(=O)OCCCCCCCCCCC/C=C\C/C=C\CCCCCCCCCCCCCCCCCCCC(=O)NC(CO)C(O)CCCCCCCCCCCCCCCCCCCCCCCCC. The third kappa shape index (κ3) is 77.1. The van der Waals surface area contributed by atoms with Crippen LogP contribution in [0.1, 0.15) is 476 Å². The van der Waals surface area contributed by atoms with Gasteiger partial charge in [-0.3, -0.25) is 9.59 Å². The molecule has 0 aliphatic heterocycles. The highest BCUT2D eigenvalue weighted by Crippen LogP contribution is 2.20. The van der Waals surface area contributed by atoms with Crippen molar-refractivity contribution in [2.45, 2.75) is 488 Å². The standard InChI is InChI=1S/C86H165NO5/c1-3-5-7-9-11-13-15-17-19-21-23-24-36-39-43-46-50-54-58-62-66-70-74-78-84(89)83(82-88)87-85(90)79-75-71-67-63-59-55-51-47-44-40-37-34-32-30-28-26-25-27-29-31-33-35-38-41-45-49-53-57-61-65-69-73-77-81-92-86(91)80-76-72-68-64-60-56-52-48-42-22-20-18-16-14-12-10-8-6-4-2/h18,20,29,31,35,38,83-84,88-89H,3-17,19,21-28,30,32-34,36-37,39-82H2,1-2H3,(H,87,90)/b20-18-,31-29-,38-35-. The molecule has 0 aliphatic carbocycles. The number of ether oxygens (including phenoxy) is 1. The van der Waals surface area contributed by atoms with E-state index in [1.165, 1.54) is 398 Å². The maximum Gasteiger partial charge on any atom is 0.305 e. The number of esters is 1. The van der Waals surface area contributed by atoms with Crippen molar-refractivity contribution in [2.75, 3.05) is 13.2 Å². The second-order valence-electron chi connectivity index (χ2n) is 29.2. The summed E-state index contributed by atoms with van der Waals surface area (Å²) >= 11 is 0. The number of carbonyl (C=O) groups is 2. The van der Waals surface area contributed by atoms with E-state index in [-0.39, 0.29) is 18.5 Å². The molecule has 6 nitrogen and oxygen atoms in total. The Balaban J connectivity index is 3.37. The third-order valence-electron chi connectivity index (χ3n) is 19.9. The zero-order valence-corrected chi connectivity index (χ0v) is 62.6. The van der Waals surface area contributed by atoms with Gasteiger partial charge >= 0.3 is 5.97 Å². The predicted octanol–water partition coefficient (Wildman–Crippen LogP) is 28.2. The molecule has 0 saturated carbocycles. The fourth-order valence-corrected chi connectivity index (χ4v) is 13.5. The van der Waals surface area contributed by atoms with Crippen molar-refractivity contribution < 1.29 is 24.5 Å². The number of allylic oxidation sites excluding steroid dienone is 6. The Hall–Kier alpha value is -1.92. The van der Waals surface area contributed by atoms with E-state index in [1.54, 1.807) is 0 Å². The second kappa shape index (κ2) is 81.5. The van der Waals surface area contributed by atoms with Gasteiger partial charge in [0.25, 0.3) is 0 Å². The first-order valence-corrected chi connectivity index (χ1v) is 42.2. The predicted molar refractivity (Wildman–Crippen MR) is 407 cm³/mol. The topological polar surface area (TPSA) is 95.9 Å². The number of rotatable bonds is 80. The summed E-state index contributed by atoms with van der Waals surface area (Å²) in [7, 11) is 0. The van der Waals surface area contributed by atoms with Crippen LogP contribution < -0.4 is 5.32 Å². The van der Waals surface area contributed by atoms with Crippen LogP contribution in [0.4, 0.5) is 0 Å². The smallest absolute Gasteiger partial charge is 0.305 e. The summed E-state index contributed by atoms with van der Waals surface area (Å²) in [5, 5.41) is 23.5. The van der Waals surface area contributed by atoms with Gasteiger partial charge in [-0.25, -0.2) is 0 Å². The summed E-state index contributed by atoms with van der Waals surface area (Å²) in [6, 6.07) is -0.542. The molecule has 2 atom stereocenters. The molecular weight excluding hydrogens is 1130 g/mol. The largest absolute Gasteiger partial charge is 0.466 e. The Bertz CT molecular complexity index is 1490. The van der Waals surface area contributed by atoms with E-state index in [0.29, 0.717) is 25.9 Å². The Morgan fingerprint density at radius 2 is 0.543 bits per heavy atom. The highest BCUT2D eigenvalue weighted by atomic mass is 16.5. The average Bonchev–Trinajstić information content (AvgIpc) is 3.60. The van der Waals surface area contributed by atoms with Crippen molar-refractivity contribution in [3.05, 3.63) is 36.5 Å². The van der Waals surface area contributed by atoms with Gasteiger partial charge in [-0.05, 0) is 83.5 Å². The van der Waals surface area contributed by atoms with E-state index in [1.807, 2.05) is 0 Å². The van der Waals surface area contributed by atoms with E-state index in [9.17, 15) is 19.8 Å². The molecule has 0 fully saturated rings. The molecule has 0 rings (SSSR count). The Morgan fingerprint density at radius 3 is 0.837 bits per heavy atom. The lowest BCUT2D eigenvalue weighted by molar-refractivity contribution is -0.143. The number of aliphatic hydroxyl groups excluding tert-OH is 2. The molecule has 0 radical (unpaired) electrons. The normalized spacial score (nSPS) is 12.6. The van der Waals surface area contributed by atoms with Crippen molar-refractivity contribution in [1.82, 2.24) is 5.32 Å². The molecular formula is C86H165NO5. The minimum Gasteiger partial charge on any atom is -0.466 e. The Labute approximate surface area is 576 Å². The molecule has 0 bridgehead atoms. The van der Waals surface area contributed by atoms with Crippen LogP contribution in [0.2, 0.25) is 0 Å². The van der Waals surface area contributed by atoms with Crippen LogP contribution in [0.3, 0.4) is 0 Å². The molecule has 0 saturated heterocycles. The fourth-order valence-electron chi connectivity index (χ4n) is 13.5. The number of aliphatic hydroxyl groups is 2. The zero-order chi connectivity index (χ0) is 66.3. The Kier molecular flexibility index (Phi) is 79.8. The molecule has 0 spiro atoms. The van der Waals surface area contributed by atoms with Crippen LogP contribution in [-0.4, -0.2) is 47.4 Å². The van der Waals surface area contributed by atoms with Crippen LogP contribution in [0.5, 0.6) is 0 Å². The zero-order valence-electron chi connectivity index (χ0n) is 62.6. The number of unbranched alkanes of at least 4 members (excludes halogenated alkanes) is 63.